The van der Waals surface area contributed by atoms with E-state index >= 15 is 0 Å². The molecule has 1 atom stereocenters. The van der Waals surface area contributed by atoms with Crippen molar-refractivity contribution in [3.05, 3.63) is 18.3 Å². The molecule has 0 aliphatic heterocycles. The lowest BCUT2D eigenvalue weighted by atomic mass is 10.2. The van der Waals surface area contributed by atoms with E-state index in [1.165, 1.54) is 13.3 Å². The van der Waals surface area contributed by atoms with Gasteiger partial charge in [0, 0.05) is 12.5 Å². The van der Waals surface area contributed by atoms with Crippen LogP contribution in [0.15, 0.2) is 18.3 Å². The number of ether oxygens (including phenoxy) is 1. The quantitative estimate of drug-likeness (QED) is 0.678. The van der Waals surface area contributed by atoms with E-state index in [1.807, 2.05) is 0 Å². The Hall–Kier alpha value is -2.75. The number of rotatable bonds is 5. The highest BCUT2D eigenvalue weighted by Crippen LogP contribution is 2.10. The molecular formula is C12H13N3O4. The normalized spacial score (nSPS) is 10.9. The summed E-state index contributed by atoms with van der Waals surface area (Å²) >= 11 is 0. The first-order valence-electron chi connectivity index (χ1n) is 5.30. The minimum Gasteiger partial charge on any atom is -0.481 e. The molecule has 1 heterocycles. The molecule has 0 fully saturated rings. The summed E-state index contributed by atoms with van der Waals surface area (Å²) in [5.41, 5.74) is 0.406. The molecule has 0 aromatic carbocycles. The van der Waals surface area contributed by atoms with Crippen molar-refractivity contribution >= 4 is 17.7 Å². The van der Waals surface area contributed by atoms with Gasteiger partial charge in [-0.25, -0.2) is 14.6 Å². The number of carbonyl (C=O) groups excluding carboxylic acids is 1. The van der Waals surface area contributed by atoms with E-state index in [9.17, 15) is 9.59 Å². The maximum absolute atomic E-state index is 11.5. The number of hydrogen-bond acceptors (Lipinski definition) is 4. The number of carbonyl (C=O) groups is 2. The first-order valence-corrected chi connectivity index (χ1v) is 5.30. The Kier molecular flexibility index (Phi) is 5.17. The highest BCUT2D eigenvalue weighted by Gasteiger charge is 2.18. The third kappa shape index (κ3) is 4.55. The molecular weight excluding hydrogens is 250 g/mol. The lowest BCUT2D eigenvalue weighted by Gasteiger charge is -2.12. The van der Waals surface area contributed by atoms with E-state index in [2.05, 4.69) is 21.5 Å². The van der Waals surface area contributed by atoms with Crippen molar-refractivity contribution in [1.29, 1.82) is 0 Å². The molecule has 0 aliphatic carbocycles. The van der Waals surface area contributed by atoms with Crippen LogP contribution in [-0.2, 0) is 4.79 Å². The fraction of sp³-hybridized carbons (Fsp3) is 0.250. The van der Waals surface area contributed by atoms with Crippen LogP contribution in [0.1, 0.15) is 6.42 Å². The van der Waals surface area contributed by atoms with Crippen LogP contribution in [0.4, 0.5) is 10.5 Å². The van der Waals surface area contributed by atoms with Crippen molar-refractivity contribution in [2.45, 2.75) is 12.5 Å². The Balaban J connectivity index is 2.58. The zero-order valence-corrected chi connectivity index (χ0v) is 10.2. The largest absolute Gasteiger partial charge is 0.481 e. The molecule has 7 nitrogen and oxygen atoms in total. The molecule has 7 heteroatoms. The number of terminal acetylenes is 1. The number of aliphatic carboxylic acids is 1. The first-order chi connectivity index (χ1) is 9.06. The van der Waals surface area contributed by atoms with Crippen LogP contribution in [0.5, 0.6) is 5.88 Å². The third-order valence-corrected chi connectivity index (χ3v) is 2.13. The van der Waals surface area contributed by atoms with Gasteiger partial charge >= 0.3 is 12.0 Å². The number of aromatic nitrogens is 1. The predicted molar refractivity (Wildman–Crippen MR) is 67.8 cm³/mol. The number of nitrogens with zero attached hydrogens (tertiary/aromatic N) is 1. The van der Waals surface area contributed by atoms with Crippen molar-refractivity contribution in [2.75, 3.05) is 12.4 Å². The Morgan fingerprint density at radius 3 is 2.79 bits per heavy atom. The first kappa shape index (κ1) is 14.3. The smallest absolute Gasteiger partial charge is 0.327 e. The van der Waals surface area contributed by atoms with Gasteiger partial charge in [-0.15, -0.1) is 12.3 Å². The van der Waals surface area contributed by atoms with E-state index in [-0.39, 0.29) is 6.42 Å². The molecule has 2 amide bonds. The Morgan fingerprint density at radius 1 is 1.58 bits per heavy atom. The van der Waals surface area contributed by atoms with Crippen molar-refractivity contribution in [3.63, 3.8) is 0 Å². The van der Waals surface area contributed by atoms with Crippen LogP contribution < -0.4 is 15.4 Å². The molecule has 1 aromatic heterocycles. The summed E-state index contributed by atoms with van der Waals surface area (Å²) in [6, 6.07) is 1.33. The van der Waals surface area contributed by atoms with Gasteiger partial charge in [0.2, 0.25) is 5.88 Å². The minimum absolute atomic E-state index is 0.0936. The van der Waals surface area contributed by atoms with Gasteiger partial charge in [0.15, 0.2) is 0 Å². The average Bonchev–Trinajstić information content (AvgIpc) is 2.39. The van der Waals surface area contributed by atoms with Crippen LogP contribution in [0.25, 0.3) is 0 Å². The molecule has 0 saturated heterocycles. The summed E-state index contributed by atoms with van der Waals surface area (Å²) in [4.78, 5) is 26.2. The second-order valence-electron chi connectivity index (χ2n) is 3.49. The fourth-order valence-electron chi connectivity index (χ4n) is 1.22. The van der Waals surface area contributed by atoms with E-state index in [4.69, 9.17) is 16.3 Å². The van der Waals surface area contributed by atoms with Crippen LogP contribution in [0.2, 0.25) is 0 Å². The summed E-state index contributed by atoms with van der Waals surface area (Å²) < 4.78 is 4.86. The summed E-state index contributed by atoms with van der Waals surface area (Å²) in [7, 11) is 1.47. The molecule has 0 aliphatic rings. The molecule has 0 spiro atoms. The fourth-order valence-corrected chi connectivity index (χ4v) is 1.22. The maximum Gasteiger partial charge on any atom is 0.327 e. The second kappa shape index (κ2) is 6.86. The number of amides is 2. The standard InChI is InChI=1S/C12H13N3O4/c1-3-4-9(11(16)17)15-12(18)14-8-5-6-10(19-2)13-7-8/h1,5-7,9H,4H2,2H3,(H,16,17)(H2,14,15,18). The predicted octanol–water partition coefficient (Wildman–Crippen LogP) is 0.688. The monoisotopic (exact) mass is 263 g/mol. The van der Waals surface area contributed by atoms with E-state index < -0.39 is 18.0 Å². The number of carboxylic acid groups (broad SMARTS) is 1. The lowest BCUT2D eigenvalue weighted by molar-refractivity contribution is -0.139. The van der Waals surface area contributed by atoms with Gasteiger partial charge in [-0.2, -0.15) is 0 Å². The molecule has 19 heavy (non-hydrogen) atoms. The van der Waals surface area contributed by atoms with Crippen molar-refractivity contribution in [2.24, 2.45) is 0 Å². The number of pyridine rings is 1. The number of hydrogen-bond donors (Lipinski definition) is 3. The molecule has 1 aromatic rings. The van der Waals surface area contributed by atoms with Crippen LogP contribution in [0, 0.1) is 12.3 Å². The highest BCUT2D eigenvalue weighted by molar-refractivity contribution is 5.92. The number of methoxy groups -OCH3 is 1. The summed E-state index contributed by atoms with van der Waals surface area (Å²) in [5, 5.41) is 13.5. The molecule has 0 saturated carbocycles. The van der Waals surface area contributed by atoms with Crippen molar-refractivity contribution in [3.8, 4) is 18.2 Å². The lowest BCUT2D eigenvalue weighted by Crippen LogP contribution is -2.42. The van der Waals surface area contributed by atoms with Crippen LogP contribution in [-0.4, -0.2) is 35.2 Å². The molecule has 1 rings (SSSR count). The highest BCUT2D eigenvalue weighted by atomic mass is 16.5. The number of nitrogens with one attached hydrogen (secondary N) is 2. The average molecular weight is 263 g/mol. The Labute approximate surface area is 110 Å². The van der Waals surface area contributed by atoms with E-state index in [1.54, 1.807) is 12.1 Å². The Bertz CT molecular complexity index is 493. The number of urea groups is 1. The molecule has 3 N–H and O–H groups in total. The molecule has 0 radical (unpaired) electrons. The molecule has 0 bridgehead atoms. The van der Waals surface area contributed by atoms with Gasteiger partial charge in [0.05, 0.1) is 19.0 Å². The van der Waals surface area contributed by atoms with Crippen LogP contribution >= 0.6 is 0 Å². The minimum atomic E-state index is -1.19. The number of carboxylic acids is 1. The third-order valence-electron chi connectivity index (χ3n) is 2.13. The van der Waals surface area contributed by atoms with Gasteiger partial charge in [-0.3, -0.25) is 0 Å². The zero-order valence-electron chi connectivity index (χ0n) is 10.2. The van der Waals surface area contributed by atoms with Gasteiger partial charge in [-0.05, 0) is 6.07 Å². The Morgan fingerprint density at radius 2 is 2.32 bits per heavy atom. The summed E-state index contributed by atoms with van der Waals surface area (Å²) in [6.45, 7) is 0. The zero-order chi connectivity index (χ0) is 14.3. The second-order valence-corrected chi connectivity index (χ2v) is 3.49. The maximum atomic E-state index is 11.5. The van der Waals surface area contributed by atoms with Crippen LogP contribution in [0.3, 0.4) is 0 Å². The molecule has 1 unspecified atom stereocenters. The van der Waals surface area contributed by atoms with Gasteiger partial charge in [0.25, 0.3) is 0 Å². The summed E-state index contributed by atoms with van der Waals surface area (Å²) in [6.07, 6.45) is 6.31. The van der Waals surface area contributed by atoms with Crippen molar-refractivity contribution < 1.29 is 19.4 Å². The topological polar surface area (TPSA) is 101 Å². The van der Waals surface area contributed by atoms with E-state index in [0.29, 0.717) is 11.6 Å². The summed E-state index contributed by atoms with van der Waals surface area (Å²) in [5.74, 6) is 1.39. The van der Waals surface area contributed by atoms with Crippen molar-refractivity contribution in [1.82, 2.24) is 10.3 Å². The van der Waals surface area contributed by atoms with Gasteiger partial charge < -0.3 is 20.5 Å². The number of anilines is 1. The molecule has 100 valence electrons. The van der Waals surface area contributed by atoms with E-state index in [0.717, 1.165) is 0 Å². The SMILES string of the molecule is C#CCC(NC(=O)Nc1ccc(OC)nc1)C(=O)O. The van der Waals surface area contributed by atoms with Gasteiger partial charge in [-0.1, -0.05) is 0 Å². The van der Waals surface area contributed by atoms with Gasteiger partial charge in [0.1, 0.15) is 6.04 Å².